The molecule has 0 aromatic carbocycles. The van der Waals surface area contributed by atoms with Crippen LogP contribution in [0.4, 0.5) is 5.82 Å². The van der Waals surface area contributed by atoms with Gasteiger partial charge in [0.05, 0.1) is 18.9 Å². The van der Waals surface area contributed by atoms with Crippen molar-refractivity contribution in [1.29, 1.82) is 0 Å². The summed E-state index contributed by atoms with van der Waals surface area (Å²) in [6, 6.07) is 6.07. The van der Waals surface area contributed by atoms with Gasteiger partial charge in [-0.05, 0) is 32.0 Å². The number of aromatic nitrogens is 4. The minimum atomic E-state index is 0.655. The molecular weight excluding hydrogens is 266 g/mol. The van der Waals surface area contributed by atoms with Crippen LogP contribution in [0.15, 0.2) is 18.2 Å². The first-order valence-corrected chi connectivity index (χ1v) is 7.41. The third-order valence-electron chi connectivity index (χ3n) is 4.43. The van der Waals surface area contributed by atoms with Gasteiger partial charge in [-0.25, -0.2) is 4.68 Å². The minimum Gasteiger partial charge on any atom is -0.381 e. The lowest BCUT2D eigenvalue weighted by Gasteiger charge is -2.17. The van der Waals surface area contributed by atoms with E-state index in [-0.39, 0.29) is 0 Å². The van der Waals surface area contributed by atoms with E-state index in [9.17, 15) is 0 Å². The van der Waals surface area contributed by atoms with E-state index in [0.29, 0.717) is 11.8 Å². The van der Waals surface area contributed by atoms with Crippen molar-refractivity contribution in [3.63, 3.8) is 0 Å². The summed E-state index contributed by atoms with van der Waals surface area (Å²) in [6.45, 7) is 7.84. The van der Waals surface area contributed by atoms with E-state index < -0.39 is 0 Å². The first-order valence-electron chi connectivity index (χ1n) is 7.41. The molecule has 6 nitrogen and oxygen atoms in total. The van der Waals surface area contributed by atoms with Crippen LogP contribution in [0.5, 0.6) is 0 Å². The lowest BCUT2D eigenvalue weighted by molar-refractivity contribution is 0.177. The highest BCUT2D eigenvalue weighted by Gasteiger charge is 2.37. The Kier molecular flexibility index (Phi) is 2.92. The number of rotatable bonds is 2. The maximum absolute atomic E-state index is 5.51. The van der Waals surface area contributed by atoms with Crippen molar-refractivity contribution in [3.8, 4) is 5.82 Å². The molecule has 4 rings (SSSR count). The second-order valence-electron chi connectivity index (χ2n) is 6.05. The summed E-state index contributed by atoms with van der Waals surface area (Å²) in [5.41, 5.74) is 2.06. The molecule has 2 aromatic heterocycles. The van der Waals surface area contributed by atoms with Crippen molar-refractivity contribution in [2.75, 3.05) is 31.2 Å². The molecule has 0 unspecified atom stereocenters. The quantitative estimate of drug-likeness (QED) is 0.834. The van der Waals surface area contributed by atoms with Crippen molar-refractivity contribution in [1.82, 2.24) is 20.0 Å². The van der Waals surface area contributed by atoms with E-state index in [1.165, 1.54) is 0 Å². The summed E-state index contributed by atoms with van der Waals surface area (Å²) in [7, 11) is 0. The Balaban J connectivity index is 1.55. The Morgan fingerprint density at radius 1 is 1.05 bits per heavy atom. The first kappa shape index (κ1) is 12.8. The lowest BCUT2D eigenvalue weighted by atomic mass is 10.0. The van der Waals surface area contributed by atoms with Crippen molar-refractivity contribution < 1.29 is 4.74 Å². The number of hydrogen-bond acceptors (Lipinski definition) is 5. The molecule has 2 atom stereocenters. The minimum absolute atomic E-state index is 0.655. The maximum Gasteiger partial charge on any atom is 0.176 e. The van der Waals surface area contributed by atoms with Gasteiger partial charge >= 0.3 is 0 Å². The lowest BCUT2D eigenvalue weighted by Crippen LogP contribution is -2.23. The highest BCUT2D eigenvalue weighted by atomic mass is 16.5. The molecule has 110 valence electrons. The maximum atomic E-state index is 5.51. The molecule has 21 heavy (non-hydrogen) atoms. The summed E-state index contributed by atoms with van der Waals surface area (Å²) >= 11 is 0. The smallest absolute Gasteiger partial charge is 0.176 e. The van der Waals surface area contributed by atoms with E-state index in [1.54, 1.807) is 0 Å². The van der Waals surface area contributed by atoms with Crippen LogP contribution in [0.25, 0.3) is 5.82 Å². The van der Waals surface area contributed by atoms with Gasteiger partial charge in [-0.15, -0.1) is 10.2 Å². The highest BCUT2D eigenvalue weighted by molar-refractivity contribution is 5.41. The number of anilines is 1. The molecule has 0 saturated carbocycles. The van der Waals surface area contributed by atoms with Gasteiger partial charge in [0.15, 0.2) is 11.6 Å². The molecule has 0 N–H and O–H groups in total. The Labute approximate surface area is 123 Å². The first-order chi connectivity index (χ1) is 10.2. The molecular formula is C15H19N5O. The van der Waals surface area contributed by atoms with Crippen LogP contribution in [0.2, 0.25) is 0 Å². The fourth-order valence-corrected chi connectivity index (χ4v) is 3.33. The van der Waals surface area contributed by atoms with Crippen LogP contribution in [0, 0.1) is 25.7 Å². The van der Waals surface area contributed by atoms with Crippen LogP contribution >= 0.6 is 0 Å². The monoisotopic (exact) mass is 285 g/mol. The van der Waals surface area contributed by atoms with Crippen molar-refractivity contribution in [2.24, 2.45) is 11.8 Å². The molecule has 2 aliphatic rings. The third kappa shape index (κ3) is 2.19. The van der Waals surface area contributed by atoms with Gasteiger partial charge in [0.1, 0.15) is 0 Å². The zero-order valence-electron chi connectivity index (χ0n) is 12.4. The number of fused-ring (bicyclic) bond motifs is 1. The number of hydrogen-bond donors (Lipinski definition) is 0. The van der Waals surface area contributed by atoms with Crippen LogP contribution in [0.3, 0.4) is 0 Å². The standard InChI is InChI=1S/C15H19N5O/c1-10-5-11(2)20(18-10)15-4-3-14(16-17-15)19-6-12-8-21-9-13(12)7-19/h3-5,12-13H,6-9H2,1-2H3/t12-,13+. The van der Waals surface area contributed by atoms with Gasteiger partial charge in [0.25, 0.3) is 0 Å². The summed E-state index contributed by atoms with van der Waals surface area (Å²) < 4.78 is 7.35. The third-order valence-corrected chi connectivity index (χ3v) is 4.43. The molecule has 0 aliphatic carbocycles. The zero-order chi connectivity index (χ0) is 14.4. The van der Waals surface area contributed by atoms with Crippen LogP contribution in [-0.2, 0) is 4.74 Å². The summed E-state index contributed by atoms with van der Waals surface area (Å²) in [5, 5.41) is 13.2. The molecule has 0 spiro atoms. The average molecular weight is 285 g/mol. The van der Waals surface area contributed by atoms with E-state index in [1.807, 2.05) is 36.7 Å². The Bertz CT molecular complexity index is 639. The van der Waals surface area contributed by atoms with Gasteiger partial charge < -0.3 is 9.64 Å². The number of nitrogens with zero attached hydrogens (tertiary/aromatic N) is 5. The molecule has 4 heterocycles. The van der Waals surface area contributed by atoms with Crippen molar-refractivity contribution in [3.05, 3.63) is 29.6 Å². The van der Waals surface area contributed by atoms with Gasteiger partial charge in [-0.3, -0.25) is 0 Å². The normalized spacial score (nSPS) is 24.6. The predicted molar refractivity (Wildman–Crippen MR) is 78.6 cm³/mol. The Morgan fingerprint density at radius 3 is 2.29 bits per heavy atom. The van der Waals surface area contributed by atoms with Gasteiger partial charge in [-0.1, -0.05) is 0 Å². The van der Waals surface area contributed by atoms with E-state index in [4.69, 9.17) is 4.74 Å². The fourth-order valence-electron chi connectivity index (χ4n) is 3.33. The average Bonchev–Trinajstić information content (AvgIpc) is 3.13. The molecule has 0 bridgehead atoms. The fraction of sp³-hybridized carbons (Fsp3) is 0.533. The van der Waals surface area contributed by atoms with Crippen molar-refractivity contribution >= 4 is 5.82 Å². The SMILES string of the molecule is Cc1cc(C)n(-c2ccc(N3C[C@H]4COC[C@H]4C3)nn2)n1. The molecule has 2 saturated heterocycles. The second-order valence-corrected chi connectivity index (χ2v) is 6.05. The van der Waals surface area contributed by atoms with Gasteiger partial charge in [0.2, 0.25) is 0 Å². The summed E-state index contributed by atoms with van der Waals surface area (Å²) in [5.74, 6) is 3.03. The van der Waals surface area contributed by atoms with Crippen LogP contribution < -0.4 is 4.90 Å². The molecule has 0 amide bonds. The highest BCUT2D eigenvalue weighted by Crippen LogP contribution is 2.31. The summed E-state index contributed by atoms with van der Waals surface area (Å²) in [4.78, 5) is 2.32. The molecule has 6 heteroatoms. The van der Waals surface area contributed by atoms with Crippen LogP contribution in [-0.4, -0.2) is 46.3 Å². The number of ether oxygens (including phenoxy) is 1. The Morgan fingerprint density at radius 2 is 1.71 bits per heavy atom. The van der Waals surface area contributed by atoms with Gasteiger partial charge in [-0.2, -0.15) is 5.10 Å². The molecule has 2 aliphatic heterocycles. The largest absolute Gasteiger partial charge is 0.381 e. The zero-order valence-corrected chi connectivity index (χ0v) is 12.4. The molecule has 2 aromatic rings. The predicted octanol–water partition coefficient (Wildman–Crippen LogP) is 1.36. The summed E-state index contributed by atoms with van der Waals surface area (Å²) in [6.07, 6.45) is 0. The molecule has 2 fully saturated rings. The number of aryl methyl sites for hydroxylation is 2. The topological polar surface area (TPSA) is 56.1 Å². The molecule has 0 radical (unpaired) electrons. The Hall–Kier alpha value is -1.95. The van der Waals surface area contributed by atoms with E-state index in [2.05, 4.69) is 20.2 Å². The van der Waals surface area contributed by atoms with E-state index in [0.717, 1.165) is 49.3 Å². The van der Waals surface area contributed by atoms with Crippen LogP contribution in [0.1, 0.15) is 11.4 Å². The second kappa shape index (κ2) is 4.80. The van der Waals surface area contributed by atoms with Crippen molar-refractivity contribution in [2.45, 2.75) is 13.8 Å². The van der Waals surface area contributed by atoms with E-state index >= 15 is 0 Å². The van der Waals surface area contributed by atoms with Gasteiger partial charge in [0, 0.05) is 30.6 Å².